The molecule has 0 saturated carbocycles. The van der Waals surface area contributed by atoms with Crippen LogP contribution in [0.15, 0.2) is 53.5 Å². The molecule has 1 heterocycles. The van der Waals surface area contributed by atoms with Gasteiger partial charge in [-0.1, -0.05) is 24.3 Å². The molecular weight excluding hydrogens is 517 g/mol. The van der Waals surface area contributed by atoms with Crippen LogP contribution in [0.4, 0.5) is 5.69 Å². The van der Waals surface area contributed by atoms with E-state index in [2.05, 4.69) is 49.7 Å². The van der Waals surface area contributed by atoms with Crippen molar-refractivity contribution in [2.45, 2.75) is 19.0 Å². The van der Waals surface area contributed by atoms with Gasteiger partial charge in [0.2, 0.25) is 0 Å². The number of aliphatic imine (C=N–C) groups is 1. The van der Waals surface area contributed by atoms with Crippen LogP contribution in [0.2, 0.25) is 0 Å². The molecule has 1 atom stereocenters. The molecule has 0 amide bonds. The second kappa shape index (κ2) is 13.4. The number of nitrogens with one attached hydrogen (secondary N) is 2. The van der Waals surface area contributed by atoms with Crippen LogP contribution in [0.5, 0.6) is 11.5 Å². The molecule has 0 aliphatic carbocycles. The summed E-state index contributed by atoms with van der Waals surface area (Å²) in [5.74, 6) is 2.62. The second-order valence-electron chi connectivity index (χ2n) is 7.97. The molecule has 1 unspecified atom stereocenters. The van der Waals surface area contributed by atoms with Gasteiger partial charge in [-0.15, -0.1) is 24.0 Å². The first-order valence-corrected chi connectivity index (χ1v) is 10.8. The number of halogens is 1. The van der Waals surface area contributed by atoms with E-state index in [1.807, 2.05) is 45.4 Å². The minimum Gasteiger partial charge on any atom is -0.495 e. The van der Waals surface area contributed by atoms with E-state index in [-0.39, 0.29) is 24.0 Å². The van der Waals surface area contributed by atoms with Crippen molar-refractivity contribution in [3.8, 4) is 11.5 Å². The largest absolute Gasteiger partial charge is 0.495 e. The maximum atomic E-state index is 5.84. The molecule has 8 heteroatoms. The van der Waals surface area contributed by atoms with Crippen LogP contribution in [-0.2, 0) is 6.54 Å². The number of guanidine groups is 1. The van der Waals surface area contributed by atoms with Gasteiger partial charge in [-0.3, -0.25) is 4.99 Å². The summed E-state index contributed by atoms with van der Waals surface area (Å²) in [5.41, 5.74) is 2.30. The van der Waals surface area contributed by atoms with Gasteiger partial charge in [0.1, 0.15) is 18.1 Å². The molecule has 0 aromatic heterocycles. The van der Waals surface area contributed by atoms with Crippen LogP contribution in [0.3, 0.4) is 0 Å². The zero-order valence-electron chi connectivity index (χ0n) is 19.5. The zero-order valence-corrected chi connectivity index (χ0v) is 21.8. The molecule has 176 valence electrons. The average molecular weight is 553 g/mol. The summed E-state index contributed by atoms with van der Waals surface area (Å²) in [6, 6.07) is 16.7. The van der Waals surface area contributed by atoms with Gasteiger partial charge in [0.25, 0.3) is 0 Å². The molecule has 3 rings (SSSR count). The number of hydrogen-bond donors (Lipinski definition) is 2. The predicted octanol–water partition coefficient (Wildman–Crippen LogP) is 3.20. The Bertz CT molecular complexity index is 862. The molecule has 0 radical (unpaired) electrons. The SMILES string of the molecule is CN=C(NCc1cccc(OCCN(C)C)c1)NC1CCN(c2ccccc2OC)C1.I. The van der Waals surface area contributed by atoms with Crippen molar-refractivity contribution in [2.75, 3.05) is 59.4 Å². The highest BCUT2D eigenvalue weighted by Crippen LogP contribution is 2.30. The summed E-state index contributed by atoms with van der Waals surface area (Å²) in [6.45, 7) is 4.16. The third-order valence-corrected chi connectivity index (χ3v) is 5.34. The number of ether oxygens (including phenoxy) is 2. The Kier molecular flexibility index (Phi) is 10.9. The molecule has 7 nitrogen and oxygen atoms in total. The highest BCUT2D eigenvalue weighted by molar-refractivity contribution is 14.0. The number of nitrogens with zero attached hydrogens (tertiary/aromatic N) is 3. The number of hydrogen-bond acceptors (Lipinski definition) is 5. The summed E-state index contributed by atoms with van der Waals surface area (Å²) in [4.78, 5) is 8.87. The van der Waals surface area contributed by atoms with E-state index >= 15 is 0 Å². The quantitative estimate of drug-likeness (QED) is 0.283. The van der Waals surface area contributed by atoms with Crippen molar-refractivity contribution < 1.29 is 9.47 Å². The highest BCUT2D eigenvalue weighted by atomic mass is 127. The highest BCUT2D eigenvalue weighted by Gasteiger charge is 2.25. The monoisotopic (exact) mass is 553 g/mol. The number of likely N-dealkylation sites (N-methyl/N-ethyl adjacent to an activating group) is 1. The smallest absolute Gasteiger partial charge is 0.191 e. The molecule has 0 bridgehead atoms. The lowest BCUT2D eigenvalue weighted by atomic mass is 10.2. The third kappa shape index (κ3) is 7.74. The number of benzene rings is 2. The van der Waals surface area contributed by atoms with Gasteiger partial charge in [0, 0.05) is 39.3 Å². The van der Waals surface area contributed by atoms with Gasteiger partial charge in [0.15, 0.2) is 5.96 Å². The van der Waals surface area contributed by atoms with Crippen molar-refractivity contribution >= 4 is 35.6 Å². The molecule has 32 heavy (non-hydrogen) atoms. The van der Waals surface area contributed by atoms with Gasteiger partial charge >= 0.3 is 0 Å². The topological polar surface area (TPSA) is 61.4 Å². The Balaban J connectivity index is 0.00000363. The third-order valence-electron chi connectivity index (χ3n) is 5.34. The Hall–Kier alpha value is -2.20. The zero-order chi connectivity index (χ0) is 22.1. The fourth-order valence-electron chi connectivity index (χ4n) is 3.65. The van der Waals surface area contributed by atoms with Crippen LogP contribution in [0.25, 0.3) is 0 Å². The maximum Gasteiger partial charge on any atom is 0.191 e. The van der Waals surface area contributed by atoms with Gasteiger partial charge < -0.3 is 29.9 Å². The molecule has 1 aliphatic rings. The molecule has 2 aromatic carbocycles. The average Bonchev–Trinajstić information content (AvgIpc) is 3.25. The van der Waals surface area contributed by atoms with Crippen molar-refractivity contribution in [1.29, 1.82) is 0 Å². The molecule has 0 spiro atoms. The van der Waals surface area contributed by atoms with Crippen molar-refractivity contribution in [3.63, 3.8) is 0 Å². The minimum absolute atomic E-state index is 0. The van der Waals surface area contributed by atoms with Crippen molar-refractivity contribution in [2.24, 2.45) is 4.99 Å². The minimum atomic E-state index is 0. The van der Waals surface area contributed by atoms with E-state index in [9.17, 15) is 0 Å². The van der Waals surface area contributed by atoms with E-state index in [4.69, 9.17) is 9.47 Å². The Labute approximate surface area is 209 Å². The van der Waals surface area contributed by atoms with Crippen LogP contribution < -0.4 is 25.0 Å². The summed E-state index contributed by atoms with van der Waals surface area (Å²) in [7, 11) is 7.62. The molecular formula is C24H36IN5O2. The molecule has 1 aliphatic heterocycles. The Morgan fingerprint density at radius 2 is 2.00 bits per heavy atom. The predicted molar refractivity (Wildman–Crippen MR) is 143 cm³/mol. The lowest BCUT2D eigenvalue weighted by Crippen LogP contribution is -2.44. The van der Waals surface area contributed by atoms with E-state index in [0.717, 1.165) is 54.8 Å². The summed E-state index contributed by atoms with van der Waals surface area (Å²) >= 11 is 0. The van der Waals surface area contributed by atoms with Crippen molar-refractivity contribution in [1.82, 2.24) is 15.5 Å². The van der Waals surface area contributed by atoms with Crippen LogP contribution in [-0.4, -0.2) is 71.4 Å². The molecule has 1 fully saturated rings. The number of anilines is 1. The number of rotatable bonds is 9. The lowest BCUT2D eigenvalue weighted by Gasteiger charge is -2.22. The summed E-state index contributed by atoms with van der Waals surface area (Å²) in [5, 5.41) is 6.98. The molecule has 1 saturated heterocycles. The molecule has 2 aromatic rings. The fourth-order valence-corrected chi connectivity index (χ4v) is 3.65. The number of para-hydroxylation sites is 2. The van der Waals surface area contributed by atoms with Crippen LogP contribution >= 0.6 is 24.0 Å². The maximum absolute atomic E-state index is 5.84. The van der Waals surface area contributed by atoms with E-state index in [1.54, 1.807) is 7.11 Å². The fraction of sp³-hybridized carbons (Fsp3) is 0.458. The van der Waals surface area contributed by atoms with E-state index in [1.165, 1.54) is 0 Å². The summed E-state index contributed by atoms with van der Waals surface area (Å²) < 4.78 is 11.4. The first-order valence-electron chi connectivity index (χ1n) is 10.8. The molecule has 2 N–H and O–H groups in total. The van der Waals surface area contributed by atoms with Gasteiger partial charge in [-0.05, 0) is 50.3 Å². The standard InChI is InChI=1S/C24H35N5O2.HI/c1-25-24(26-17-19-8-7-9-21(16-19)31-15-14-28(2)3)27-20-12-13-29(18-20)22-10-5-6-11-23(22)30-4;/h5-11,16,20H,12-15,17-18H2,1-4H3,(H2,25,26,27);1H. The van der Waals surface area contributed by atoms with Crippen molar-refractivity contribution in [3.05, 3.63) is 54.1 Å². The van der Waals surface area contributed by atoms with Gasteiger partial charge in [-0.25, -0.2) is 0 Å². The van der Waals surface area contributed by atoms with Gasteiger partial charge in [0.05, 0.1) is 12.8 Å². The van der Waals surface area contributed by atoms with E-state index < -0.39 is 0 Å². The second-order valence-corrected chi connectivity index (χ2v) is 7.97. The summed E-state index contributed by atoms with van der Waals surface area (Å²) in [6.07, 6.45) is 1.05. The Morgan fingerprint density at radius 3 is 2.75 bits per heavy atom. The lowest BCUT2D eigenvalue weighted by molar-refractivity contribution is 0.261. The first kappa shape index (κ1) is 26.1. The first-order chi connectivity index (χ1) is 15.1. The number of methoxy groups -OCH3 is 1. The Morgan fingerprint density at radius 1 is 1.19 bits per heavy atom. The van der Waals surface area contributed by atoms with E-state index in [0.29, 0.717) is 19.2 Å². The van der Waals surface area contributed by atoms with Crippen LogP contribution in [0.1, 0.15) is 12.0 Å². The van der Waals surface area contributed by atoms with Crippen LogP contribution in [0, 0.1) is 0 Å². The van der Waals surface area contributed by atoms with Gasteiger partial charge in [-0.2, -0.15) is 0 Å². The normalized spacial score (nSPS) is 16.0.